The average molecular weight is 293 g/mol. The Morgan fingerprint density at radius 3 is 2.82 bits per heavy atom. The van der Waals surface area contributed by atoms with Gasteiger partial charge in [-0.05, 0) is 13.0 Å². The van der Waals surface area contributed by atoms with E-state index >= 15 is 0 Å². The summed E-state index contributed by atoms with van der Waals surface area (Å²) in [5.74, 6) is -0.536. The van der Waals surface area contributed by atoms with Gasteiger partial charge in [-0.2, -0.15) is 0 Å². The number of benzene rings is 1. The van der Waals surface area contributed by atoms with Crippen LogP contribution in [-0.4, -0.2) is 24.1 Å². The number of aliphatic imine (C=N–C) groups is 1. The van der Waals surface area contributed by atoms with Gasteiger partial charge in [0.05, 0.1) is 12.3 Å². The molecular formula is C18H15NO3. The number of fused-ring (bicyclic) bond motifs is 3. The number of para-hydroxylation sites is 1. The van der Waals surface area contributed by atoms with Crippen molar-refractivity contribution in [3.8, 4) is 0 Å². The van der Waals surface area contributed by atoms with Gasteiger partial charge in [0.15, 0.2) is 0 Å². The number of hydrogen-bond donors (Lipinski definition) is 0. The van der Waals surface area contributed by atoms with Crippen molar-refractivity contribution >= 4 is 28.7 Å². The van der Waals surface area contributed by atoms with Gasteiger partial charge in [-0.1, -0.05) is 36.9 Å². The summed E-state index contributed by atoms with van der Waals surface area (Å²) >= 11 is 0. The van der Waals surface area contributed by atoms with Gasteiger partial charge in [0.2, 0.25) is 5.78 Å². The van der Waals surface area contributed by atoms with Crippen LogP contribution in [0.5, 0.6) is 0 Å². The summed E-state index contributed by atoms with van der Waals surface area (Å²) in [6.07, 6.45) is 4.06. The average Bonchev–Trinajstić information content (AvgIpc) is 2.89. The molecule has 2 aliphatic rings. The van der Waals surface area contributed by atoms with Crippen LogP contribution in [0.4, 0.5) is 5.69 Å². The first-order valence-electron chi connectivity index (χ1n) is 7.04. The third kappa shape index (κ3) is 2.44. The van der Waals surface area contributed by atoms with Crippen molar-refractivity contribution in [1.82, 2.24) is 0 Å². The summed E-state index contributed by atoms with van der Waals surface area (Å²) in [6.45, 7) is 5.27. The monoisotopic (exact) mass is 293 g/mol. The smallest absolute Gasteiger partial charge is 0.333 e. The highest BCUT2D eigenvalue weighted by molar-refractivity contribution is 6.63. The molecule has 0 saturated heterocycles. The molecule has 0 radical (unpaired) electrons. The van der Waals surface area contributed by atoms with Crippen molar-refractivity contribution in [1.29, 1.82) is 0 Å². The minimum absolute atomic E-state index is 0.0972. The molecule has 110 valence electrons. The minimum atomic E-state index is -0.439. The van der Waals surface area contributed by atoms with Crippen molar-refractivity contribution in [2.24, 2.45) is 4.99 Å². The molecule has 1 aromatic carbocycles. The molecule has 1 heterocycles. The first-order valence-corrected chi connectivity index (χ1v) is 7.04. The number of carbonyl (C=O) groups excluding carboxylic acids is 2. The van der Waals surface area contributed by atoms with Crippen molar-refractivity contribution in [3.63, 3.8) is 0 Å². The Labute approximate surface area is 128 Å². The zero-order valence-electron chi connectivity index (χ0n) is 12.3. The molecule has 0 aromatic heterocycles. The lowest BCUT2D eigenvalue weighted by molar-refractivity contribution is -0.139. The fourth-order valence-corrected chi connectivity index (χ4v) is 2.43. The SMILES string of the molecule is C=C(C)C(=O)OCCC1=CC=C2C(=Nc3ccccc32)C1=O. The molecule has 22 heavy (non-hydrogen) atoms. The summed E-state index contributed by atoms with van der Waals surface area (Å²) in [5, 5.41) is 0. The zero-order valence-corrected chi connectivity index (χ0v) is 12.3. The standard InChI is InChI=1S/C18H15NO3/c1-11(2)18(21)22-10-9-12-7-8-14-13-5-3-4-6-15(13)19-16(14)17(12)20/h3-8H,1,9-10H2,2H3. The summed E-state index contributed by atoms with van der Waals surface area (Å²) in [6, 6.07) is 7.68. The van der Waals surface area contributed by atoms with Crippen LogP contribution in [0.1, 0.15) is 18.9 Å². The van der Waals surface area contributed by atoms with Crippen LogP contribution in [0.2, 0.25) is 0 Å². The van der Waals surface area contributed by atoms with E-state index in [1.807, 2.05) is 30.3 Å². The highest BCUT2D eigenvalue weighted by Crippen LogP contribution is 2.37. The fourth-order valence-electron chi connectivity index (χ4n) is 2.43. The molecule has 0 spiro atoms. The summed E-state index contributed by atoms with van der Waals surface area (Å²) in [7, 11) is 0. The molecule has 0 fully saturated rings. The normalized spacial score (nSPS) is 15.3. The van der Waals surface area contributed by atoms with E-state index in [0.717, 1.165) is 16.8 Å². The fraction of sp³-hybridized carbons (Fsp3) is 0.167. The summed E-state index contributed by atoms with van der Waals surface area (Å²) in [4.78, 5) is 28.2. The molecule has 0 bridgehead atoms. The molecule has 3 rings (SSSR count). The minimum Gasteiger partial charge on any atom is -0.462 e. The Hall–Kier alpha value is -2.75. The van der Waals surface area contributed by atoms with Crippen LogP contribution < -0.4 is 0 Å². The molecule has 1 aliphatic carbocycles. The lowest BCUT2D eigenvalue weighted by Gasteiger charge is -2.12. The van der Waals surface area contributed by atoms with Crippen LogP contribution in [0.15, 0.2) is 59.1 Å². The van der Waals surface area contributed by atoms with Gasteiger partial charge in [-0.25, -0.2) is 9.79 Å². The number of Topliss-reactive ketones (excluding diaryl/α,β-unsaturated/α-hetero) is 1. The maximum Gasteiger partial charge on any atom is 0.333 e. The lowest BCUT2D eigenvalue weighted by atomic mass is 9.91. The van der Waals surface area contributed by atoms with E-state index < -0.39 is 5.97 Å². The predicted molar refractivity (Wildman–Crippen MR) is 85.0 cm³/mol. The third-order valence-corrected chi connectivity index (χ3v) is 3.59. The van der Waals surface area contributed by atoms with Crippen molar-refractivity contribution in [2.45, 2.75) is 13.3 Å². The van der Waals surface area contributed by atoms with Crippen LogP contribution in [0, 0.1) is 0 Å². The van der Waals surface area contributed by atoms with Gasteiger partial charge in [0.25, 0.3) is 0 Å². The molecule has 0 amide bonds. The molecule has 1 aromatic rings. The van der Waals surface area contributed by atoms with Gasteiger partial charge in [-0.3, -0.25) is 4.79 Å². The van der Waals surface area contributed by atoms with Crippen molar-refractivity contribution < 1.29 is 14.3 Å². The van der Waals surface area contributed by atoms with Gasteiger partial charge >= 0.3 is 5.97 Å². The Morgan fingerprint density at radius 1 is 1.27 bits per heavy atom. The summed E-state index contributed by atoms with van der Waals surface area (Å²) < 4.78 is 5.04. The van der Waals surface area contributed by atoms with Gasteiger partial charge in [0, 0.05) is 28.7 Å². The number of carbonyl (C=O) groups is 2. The van der Waals surface area contributed by atoms with Gasteiger partial charge < -0.3 is 4.74 Å². The van der Waals surface area contributed by atoms with E-state index in [0.29, 0.717) is 23.3 Å². The lowest BCUT2D eigenvalue weighted by Crippen LogP contribution is -2.20. The number of rotatable bonds is 4. The number of ketones is 1. The maximum atomic E-state index is 12.5. The van der Waals surface area contributed by atoms with Gasteiger partial charge in [-0.15, -0.1) is 0 Å². The topological polar surface area (TPSA) is 55.7 Å². The predicted octanol–water partition coefficient (Wildman–Crippen LogP) is 3.17. The van der Waals surface area contributed by atoms with Gasteiger partial charge in [0.1, 0.15) is 5.71 Å². The Morgan fingerprint density at radius 2 is 2.05 bits per heavy atom. The van der Waals surface area contributed by atoms with Crippen LogP contribution in [0.3, 0.4) is 0 Å². The van der Waals surface area contributed by atoms with Crippen molar-refractivity contribution in [2.75, 3.05) is 6.61 Å². The third-order valence-electron chi connectivity index (χ3n) is 3.59. The molecule has 0 saturated carbocycles. The Bertz CT molecular complexity index is 781. The molecule has 0 unspecified atom stereocenters. The van der Waals surface area contributed by atoms with E-state index in [-0.39, 0.29) is 12.4 Å². The summed E-state index contributed by atoms with van der Waals surface area (Å²) in [5.41, 5.74) is 4.09. The number of allylic oxidation sites excluding steroid dienone is 3. The zero-order chi connectivity index (χ0) is 15.7. The molecule has 0 atom stereocenters. The first kappa shape index (κ1) is 14.2. The number of esters is 1. The Balaban J connectivity index is 1.74. The largest absolute Gasteiger partial charge is 0.462 e. The maximum absolute atomic E-state index is 12.5. The van der Waals surface area contributed by atoms with E-state index in [1.165, 1.54) is 0 Å². The highest BCUT2D eigenvalue weighted by Gasteiger charge is 2.29. The molecule has 4 nitrogen and oxygen atoms in total. The molecular weight excluding hydrogens is 278 g/mol. The molecule has 0 N–H and O–H groups in total. The quantitative estimate of drug-likeness (QED) is 0.487. The molecule has 1 aliphatic heterocycles. The number of hydrogen-bond acceptors (Lipinski definition) is 4. The Kier molecular flexibility index (Phi) is 3.59. The highest BCUT2D eigenvalue weighted by atomic mass is 16.5. The number of ether oxygens (including phenoxy) is 1. The second-order valence-electron chi connectivity index (χ2n) is 5.25. The second kappa shape index (κ2) is 5.56. The molecule has 4 heteroatoms. The van der Waals surface area contributed by atoms with E-state index in [2.05, 4.69) is 11.6 Å². The van der Waals surface area contributed by atoms with Crippen LogP contribution in [0.25, 0.3) is 5.57 Å². The van der Waals surface area contributed by atoms with E-state index in [1.54, 1.807) is 13.0 Å². The van der Waals surface area contributed by atoms with E-state index in [9.17, 15) is 9.59 Å². The van der Waals surface area contributed by atoms with Crippen LogP contribution >= 0.6 is 0 Å². The van der Waals surface area contributed by atoms with Crippen LogP contribution in [-0.2, 0) is 14.3 Å². The number of nitrogens with zero attached hydrogens (tertiary/aromatic N) is 1. The van der Waals surface area contributed by atoms with Crippen molar-refractivity contribution in [3.05, 3.63) is 59.7 Å². The van der Waals surface area contributed by atoms with E-state index in [4.69, 9.17) is 4.74 Å². The first-order chi connectivity index (χ1) is 10.6. The second-order valence-corrected chi connectivity index (χ2v) is 5.25.